The van der Waals surface area contributed by atoms with Crippen molar-refractivity contribution < 1.29 is 39.5 Å². The van der Waals surface area contributed by atoms with Gasteiger partial charge < -0.3 is 39.5 Å². The van der Waals surface area contributed by atoms with E-state index in [1.165, 1.54) is 51.4 Å². The summed E-state index contributed by atoms with van der Waals surface area (Å²) in [6, 6.07) is 19.7. The van der Waals surface area contributed by atoms with Gasteiger partial charge >= 0.3 is 48.9 Å². The first-order chi connectivity index (χ1) is 28.2. The largest absolute Gasteiger partial charge is 2.00 e. The van der Waals surface area contributed by atoms with Crippen LogP contribution in [0.2, 0.25) is 0 Å². The first kappa shape index (κ1) is 57.8. The molecular formula is C50H82BaO8. The fraction of sp³-hybridized carbons (Fsp3) is 0.720. The van der Waals surface area contributed by atoms with Crippen molar-refractivity contribution in [1.82, 2.24) is 0 Å². The van der Waals surface area contributed by atoms with E-state index in [4.69, 9.17) is 9.47 Å². The zero-order valence-electron chi connectivity index (χ0n) is 37.3. The van der Waals surface area contributed by atoms with E-state index >= 15 is 0 Å². The topological polar surface area (TPSA) is 139 Å². The van der Waals surface area contributed by atoms with Gasteiger partial charge in [0.15, 0.2) is 0 Å². The first-order valence-corrected chi connectivity index (χ1v) is 23.3. The second-order valence-corrected chi connectivity index (χ2v) is 16.4. The molecule has 0 aliphatic heterocycles. The molecule has 59 heavy (non-hydrogen) atoms. The monoisotopic (exact) mass is 949 g/mol. The molecule has 0 radical (unpaired) electrons. The normalized spacial score (nSPS) is 13.1. The Morgan fingerprint density at radius 2 is 0.729 bits per heavy atom. The number of carbonyl (C=O) groups is 2. The maximum Gasteiger partial charge on any atom is 2.00 e. The fourth-order valence-electron chi connectivity index (χ4n) is 7.26. The van der Waals surface area contributed by atoms with E-state index in [1.807, 2.05) is 60.7 Å². The summed E-state index contributed by atoms with van der Waals surface area (Å²) in [5.74, 6) is -2.10. The maximum atomic E-state index is 11.0. The van der Waals surface area contributed by atoms with Crippen LogP contribution < -0.4 is 10.2 Å². The molecule has 0 aliphatic carbocycles. The van der Waals surface area contributed by atoms with Crippen LogP contribution in [0.25, 0.3) is 0 Å². The number of unbranched alkanes of at least 4 members (excludes halogenated alkanes) is 16. The van der Waals surface area contributed by atoms with E-state index in [2.05, 4.69) is 13.8 Å². The Kier molecular flexibility index (Phi) is 41.2. The first-order valence-electron chi connectivity index (χ1n) is 23.3. The van der Waals surface area contributed by atoms with Crippen LogP contribution in [0.3, 0.4) is 0 Å². The van der Waals surface area contributed by atoms with Crippen molar-refractivity contribution in [3.63, 3.8) is 0 Å². The molecule has 9 heteroatoms. The van der Waals surface area contributed by atoms with Crippen LogP contribution in [0.15, 0.2) is 60.7 Å². The molecular weight excluding hydrogens is 866 g/mol. The molecule has 332 valence electrons. The minimum atomic E-state index is -1.05. The summed E-state index contributed by atoms with van der Waals surface area (Å²) < 4.78 is 11.6. The minimum Gasteiger partial charge on any atom is -0.550 e. The fourth-order valence-corrected chi connectivity index (χ4v) is 7.26. The Balaban J connectivity index is 0.00000112. The van der Waals surface area contributed by atoms with Gasteiger partial charge in [0.2, 0.25) is 0 Å². The molecule has 2 rings (SSSR count). The van der Waals surface area contributed by atoms with Gasteiger partial charge in [0.05, 0.1) is 37.6 Å². The SMILES string of the molecule is CCCCCCCC(O)CCCCCCCC(CC(=O)[O-])OCc1ccccc1.CCCCCCCC(O)CCCCCCCC(CC(=O)[O-])OCc1ccccc1.[Ba+2]. The van der Waals surface area contributed by atoms with Gasteiger partial charge in [-0.15, -0.1) is 0 Å². The molecule has 8 nitrogen and oxygen atoms in total. The summed E-state index contributed by atoms with van der Waals surface area (Å²) in [7, 11) is 0. The molecule has 2 N–H and O–H groups in total. The van der Waals surface area contributed by atoms with Crippen molar-refractivity contribution in [3.05, 3.63) is 71.8 Å². The van der Waals surface area contributed by atoms with Crippen molar-refractivity contribution in [2.75, 3.05) is 0 Å². The zero-order valence-corrected chi connectivity index (χ0v) is 41.8. The number of aliphatic carboxylic acids is 2. The Morgan fingerprint density at radius 3 is 1.02 bits per heavy atom. The Morgan fingerprint density at radius 1 is 0.458 bits per heavy atom. The van der Waals surface area contributed by atoms with E-state index in [9.17, 15) is 30.0 Å². The standard InChI is InChI=1S/2C25H42O4.Ba/c2*1-2-3-4-6-12-17-23(26)18-13-7-5-8-14-19-24(20-25(27)28)29-21-22-15-10-9-11-16-22;/h2*9-11,15-16,23-24,26H,2-8,12-14,17-21H2,1H3,(H,27,28);/q;;+2/p-2. The molecule has 0 heterocycles. The summed E-state index contributed by atoms with van der Waals surface area (Å²) in [5, 5.41) is 42.0. The number of aliphatic hydroxyl groups excluding tert-OH is 2. The average molecular weight is 949 g/mol. The third-order valence-corrected chi connectivity index (χ3v) is 10.9. The average Bonchev–Trinajstić information content (AvgIpc) is 3.21. The zero-order chi connectivity index (χ0) is 42.3. The van der Waals surface area contributed by atoms with E-state index in [-0.39, 0.29) is 86.1 Å². The molecule has 0 aliphatic rings. The molecule has 0 fully saturated rings. The second-order valence-electron chi connectivity index (χ2n) is 16.4. The van der Waals surface area contributed by atoms with Gasteiger partial charge in [-0.25, -0.2) is 0 Å². The van der Waals surface area contributed by atoms with Crippen LogP contribution in [0.4, 0.5) is 0 Å². The van der Waals surface area contributed by atoms with Crippen LogP contribution in [-0.2, 0) is 32.3 Å². The van der Waals surface area contributed by atoms with Crippen LogP contribution in [-0.4, -0.2) is 95.4 Å². The van der Waals surface area contributed by atoms with Crippen molar-refractivity contribution in [2.45, 2.75) is 231 Å². The van der Waals surface area contributed by atoms with Gasteiger partial charge in [-0.2, -0.15) is 0 Å². The van der Waals surface area contributed by atoms with Crippen molar-refractivity contribution >= 4 is 60.8 Å². The summed E-state index contributed by atoms with van der Waals surface area (Å²) in [5.41, 5.74) is 2.11. The Hall–Kier alpha value is -1.21. The number of ether oxygens (including phenoxy) is 2. The number of aliphatic hydroxyl groups is 2. The number of carbonyl (C=O) groups excluding carboxylic acids is 2. The van der Waals surface area contributed by atoms with E-state index in [0.717, 1.165) is 127 Å². The molecule has 0 saturated heterocycles. The minimum absolute atomic E-state index is 0. The maximum absolute atomic E-state index is 11.0. The number of hydrogen-bond acceptors (Lipinski definition) is 8. The molecule has 0 bridgehead atoms. The van der Waals surface area contributed by atoms with Gasteiger partial charge in [0.1, 0.15) is 0 Å². The molecule has 0 spiro atoms. The van der Waals surface area contributed by atoms with E-state index in [0.29, 0.717) is 13.2 Å². The van der Waals surface area contributed by atoms with Gasteiger partial charge in [-0.1, -0.05) is 203 Å². The Labute approximate surface area is 400 Å². The summed E-state index contributed by atoms with van der Waals surface area (Å²) >= 11 is 0. The molecule has 2 aromatic carbocycles. The summed E-state index contributed by atoms with van der Waals surface area (Å²) in [6.07, 6.45) is 27.4. The van der Waals surface area contributed by atoms with Crippen LogP contribution in [0, 0.1) is 0 Å². The van der Waals surface area contributed by atoms with Gasteiger partial charge in [0, 0.05) is 24.8 Å². The summed E-state index contributed by atoms with van der Waals surface area (Å²) in [6.45, 7) is 5.32. The quantitative estimate of drug-likeness (QED) is 0.0501. The number of hydrogen-bond donors (Lipinski definition) is 2. The summed E-state index contributed by atoms with van der Waals surface area (Å²) in [4.78, 5) is 21.9. The van der Waals surface area contributed by atoms with Crippen molar-refractivity contribution in [1.29, 1.82) is 0 Å². The number of carboxylic acid groups (broad SMARTS) is 2. The van der Waals surface area contributed by atoms with Gasteiger partial charge in [-0.05, 0) is 49.7 Å². The number of benzene rings is 2. The molecule has 2 aromatic rings. The van der Waals surface area contributed by atoms with E-state index < -0.39 is 11.9 Å². The van der Waals surface area contributed by atoms with Crippen LogP contribution in [0.5, 0.6) is 0 Å². The van der Waals surface area contributed by atoms with Crippen LogP contribution >= 0.6 is 0 Å². The van der Waals surface area contributed by atoms with Crippen molar-refractivity contribution in [3.8, 4) is 0 Å². The number of carboxylic acids is 2. The predicted octanol–water partition coefficient (Wildman–Crippen LogP) is 9.95. The third-order valence-electron chi connectivity index (χ3n) is 10.9. The molecule has 0 amide bonds. The van der Waals surface area contributed by atoms with Crippen molar-refractivity contribution in [2.24, 2.45) is 0 Å². The second kappa shape index (κ2) is 42.1. The van der Waals surface area contributed by atoms with Gasteiger partial charge in [0.25, 0.3) is 0 Å². The van der Waals surface area contributed by atoms with Crippen LogP contribution in [0.1, 0.15) is 205 Å². The molecule has 4 atom stereocenters. The molecule has 0 aromatic heterocycles. The predicted molar refractivity (Wildman–Crippen MR) is 238 cm³/mol. The van der Waals surface area contributed by atoms with Gasteiger partial charge in [-0.3, -0.25) is 0 Å². The Bertz CT molecular complexity index is 1110. The molecule has 0 saturated carbocycles. The smallest absolute Gasteiger partial charge is 0.550 e. The number of rotatable bonds is 38. The third kappa shape index (κ3) is 38.2. The van der Waals surface area contributed by atoms with E-state index in [1.54, 1.807) is 0 Å². The molecule has 4 unspecified atom stereocenters.